The molecule has 0 saturated carbocycles. The molecule has 2 heterocycles. The molecule has 0 radical (unpaired) electrons. The zero-order valence-corrected chi connectivity index (χ0v) is 17.0. The molecule has 2 aromatic carbocycles. The number of aryl methyl sites for hydroxylation is 1. The molecule has 1 aliphatic heterocycles. The van der Waals surface area contributed by atoms with Gasteiger partial charge in [-0.1, -0.05) is 55.3 Å². The second-order valence-corrected chi connectivity index (χ2v) is 7.66. The van der Waals surface area contributed by atoms with E-state index in [1.54, 1.807) is 4.68 Å². The highest BCUT2D eigenvalue weighted by Gasteiger charge is 2.34. The highest BCUT2D eigenvalue weighted by Crippen LogP contribution is 2.35. The summed E-state index contributed by atoms with van der Waals surface area (Å²) < 4.78 is 1.66. The van der Waals surface area contributed by atoms with Gasteiger partial charge >= 0.3 is 0 Å². The number of amides is 1. The fraction of sp³-hybridized carbons (Fsp3) is 0.273. The van der Waals surface area contributed by atoms with Crippen molar-refractivity contribution in [2.24, 2.45) is 0 Å². The highest BCUT2D eigenvalue weighted by molar-refractivity contribution is 6.06. The number of aromatic nitrogens is 4. The van der Waals surface area contributed by atoms with Crippen LogP contribution >= 0.6 is 0 Å². The summed E-state index contributed by atoms with van der Waals surface area (Å²) in [6, 6.07) is 15.6. The topological polar surface area (TPSA) is 84.7 Å². The molecule has 0 spiro atoms. The van der Waals surface area contributed by atoms with Gasteiger partial charge in [-0.05, 0) is 59.0 Å². The minimum absolute atomic E-state index is 0.181. The van der Waals surface area contributed by atoms with Crippen molar-refractivity contribution in [2.75, 3.05) is 10.6 Å². The van der Waals surface area contributed by atoms with Crippen LogP contribution in [0.2, 0.25) is 0 Å². The average Bonchev–Trinajstić information content (AvgIpc) is 3.14. The van der Waals surface area contributed by atoms with Crippen LogP contribution < -0.4 is 10.6 Å². The number of allylic oxidation sites excluding steroid dienone is 1. The predicted molar refractivity (Wildman–Crippen MR) is 113 cm³/mol. The number of benzene rings is 2. The lowest BCUT2D eigenvalue weighted by Crippen LogP contribution is -2.31. The maximum absolute atomic E-state index is 13.3. The molecule has 3 aromatic rings. The summed E-state index contributed by atoms with van der Waals surface area (Å²) in [5.74, 6) is 0.772. The number of nitrogens with one attached hydrogen (secondary N) is 2. The van der Waals surface area contributed by atoms with E-state index in [1.807, 2.05) is 50.2 Å². The second-order valence-electron chi connectivity index (χ2n) is 7.66. The normalized spacial score (nSPS) is 15.8. The molecule has 0 saturated heterocycles. The number of hydrogen-bond donors (Lipinski definition) is 2. The quantitative estimate of drug-likeness (QED) is 0.705. The summed E-state index contributed by atoms with van der Waals surface area (Å²) in [6.07, 6.45) is 0. The van der Waals surface area contributed by atoms with E-state index in [0.29, 0.717) is 17.4 Å². The first-order valence-electron chi connectivity index (χ1n) is 9.67. The van der Waals surface area contributed by atoms with E-state index in [9.17, 15) is 4.79 Å². The minimum Gasteiger partial charge on any atom is -0.326 e. The lowest BCUT2D eigenvalue weighted by Gasteiger charge is -2.28. The third kappa shape index (κ3) is 3.63. The Kier molecular flexibility index (Phi) is 4.88. The van der Waals surface area contributed by atoms with Gasteiger partial charge in [0.05, 0.1) is 5.57 Å². The first kappa shape index (κ1) is 18.9. The molecule has 7 nitrogen and oxygen atoms in total. The van der Waals surface area contributed by atoms with Gasteiger partial charge in [-0.2, -0.15) is 4.68 Å². The van der Waals surface area contributed by atoms with E-state index in [0.717, 1.165) is 22.5 Å². The molecule has 7 heteroatoms. The van der Waals surface area contributed by atoms with Crippen molar-refractivity contribution in [3.63, 3.8) is 0 Å². The first-order valence-corrected chi connectivity index (χ1v) is 9.67. The summed E-state index contributed by atoms with van der Waals surface area (Å²) in [7, 11) is 0. The summed E-state index contributed by atoms with van der Waals surface area (Å²) in [5.41, 5.74) is 5.36. The van der Waals surface area contributed by atoms with Gasteiger partial charge in [0, 0.05) is 11.4 Å². The number of rotatable bonds is 4. The van der Waals surface area contributed by atoms with E-state index < -0.39 is 6.04 Å². The molecular formula is C22H24N6O. The zero-order valence-electron chi connectivity index (χ0n) is 17.0. The molecule has 1 aromatic heterocycles. The number of carbonyl (C=O) groups excluding carboxylic acids is 1. The van der Waals surface area contributed by atoms with Crippen LogP contribution in [0.25, 0.3) is 0 Å². The molecule has 2 N–H and O–H groups in total. The van der Waals surface area contributed by atoms with Crippen LogP contribution in [0.5, 0.6) is 0 Å². The molecule has 1 atom stereocenters. The molecule has 1 aliphatic rings. The molecule has 0 fully saturated rings. The van der Waals surface area contributed by atoms with Crippen LogP contribution in [0.15, 0.2) is 59.8 Å². The molecular weight excluding hydrogens is 364 g/mol. The van der Waals surface area contributed by atoms with Crippen LogP contribution in [-0.4, -0.2) is 26.1 Å². The van der Waals surface area contributed by atoms with Gasteiger partial charge in [-0.25, -0.2) is 0 Å². The SMILES string of the molecule is CC1=C(C(=O)Nc2cccc(C)c2)C(c2ccc(C(C)C)cc2)n2nnnc2N1. The first-order chi connectivity index (χ1) is 13.9. The van der Waals surface area contributed by atoms with Crippen molar-refractivity contribution in [3.05, 3.63) is 76.5 Å². The number of carbonyl (C=O) groups is 1. The Morgan fingerprint density at radius 3 is 2.59 bits per heavy atom. The van der Waals surface area contributed by atoms with Gasteiger partial charge < -0.3 is 10.6 Å². The maximum atomic E-state index is 13.3. The lowest BCUT2D eigenvalue weighted by molar-refractivity contribution is -0.113. The highest BCUT2D eigenvalue weighted by atomic mass is 16.1. The van der Waals surface area contributed by atoms with Gasteiger partial charge in [-0.3, -0.25) is 4.79 Å². The van der Waals surface area contributed by atoms with Crippen LogP contribution in [0.1, 0.15) is 49.4 Å². The number of nitrogens with zero attached hydrogens (tertiary/aromatic N) is 4. The predicted octanol–water partition coefficient (Wildman–Crippen LogP) is 4.03. The number of hydrogen-bond acceptors (Lipinski definition) is 5. The van der Waals surface area contributed by atoms with Crippen molar-refractivity contribution < 1.29 is 4.79 Å². The largest absolute Gasteiger partial charge is 0.326 e. The van der Waals surface area contributed by atoms with Gasteiger partial charge in [0.2, 0.25) is 5.95 Å². The molecule has 0 aliphatic carbocycles. The van der Waals surface area contributed by atoms with Crippen molar-refractivity contribution in [1.82, 2.24) is 20.2 Å². The van der Waals surface area contributed by atoms with Gasteiger partial charge in [0.25, 0.3) is 5.91 Å². The summed E-state index contributed by atoms with van der Waals surface area (Å²) in [6.45, 7) is 8.18. The van der Waals surface area contributed by atoms with E-state index in [-0.39, 0.29) is 5.91 Å². The molecule has 29 heavy (non-hydrogen) atoms. The second kappa shape index (κ2) is 7.50. The third-order valence-corrected chi connectivity index (χ3v) is 5.15. The van der Waals surface area contributed by atoms with Crippen LogP contribution in [0, 0.1) is 6.92 Å². The number of fused-ring (bicyclic) bond motifs is 1. The van der Waals surface area contributed by atoms with Crippen molar-refractivity contribution in [1.29, 1.82) is 0 Å². The summed E-state index contributed by atoms with van der Waals surface area (Å²) >= 11 is 0. The third-order valence-electron chi connectivity index (χ3n) is 5.15. The monoisotopic (exact) mass is 388 g/mol. The summed E-state index contributed by atoms with van der Waals surface area (Å²) in [4.78, 5) is 13.3. The van der Waals surface area contributed by atoms with Crippen molar-refractivity contribution in [3.8, 4) is 0 Å². The Morgan fingerprint density at radius 2 is 1.90 bits per heavy atom. The van der Waals surface area contributed by atoms with E-state index in [1.165, 1.54) is 5.56 Å². The van der Waals surface area contributed by atoms with Crippen LogP contribution in [0.4, 0.5) is 11.6 Å². The zero-order chi connectivity index (χ0) is 20.5. The smallest absolute Gasteiger partial charge is 0.255 e. The fourth-order valence-corrected chi connectivity index (χ4v) is 3.60. The van der Waals surface area contributed by atoms with Gasteiger partial charge in [-0.15, -0.1) is 0 Å². The Morgan fingerprint density at radius 1 is 1.14 bits per heavy atom. The van der Waals surface area contributed by atoms with Crippen molar-refractivity contribution in [2.45, 2.75) is 39.7 Å². The molecule has 1 amide bonds. The Labute approximate surface area is 169 Å². The summed E-state index contributed by atoms with van der Waals surface area (Å²) in [5, 5.41) is 18.1. The standard InChI is InChI=1S/C22H24N6O/c1-13(2)16-8-10-17(11-9-16)20-19(15(4)23-22-25-26-27-28(20)22)21(29)24-18-7-5-6-14(3)12-18/h5-13,20H,1-4H3,(H,24,29)(H,23,25,27). The Balaban J connectivity index is 1.74. The van der Waals surface area contributed by atoms with Crippen LogP contribution in [-0.2, 0) is 4.79 Å². The minimum atomic E-state index is -0.410. The Bertz CT molecular complexity index is 1080. The van der Waals surface area contributed by atoms with Gasteiger partial charge in [0.1, 0.15) is 6.04 Å². The van der Waals surface area contributed by atoms with E-state index in [2.05, 4.69) is 52.1 Å². The molecule has 148 valence electrons. The lowest BCUT2D eigenvalue weighted by atomic mass is 9.92. The fourth-order valence-electron chi connectivity index (χ4n) is 3.60. The van der Waals surface area contributed by atoms with Gasteiger partial charge in [0.15, 0.2) is 0 Å². The number of tetrazole rings is 1. The van der Waals surface area contributed by atoms with E-state index >= 15 is 0 Å². The van der Waals surface area contributed by atoms with Crippen molar-refractivity contribution >= 4 is 17.5 Å². The van der Waals surface area contributed by atoms with Crippen LogP contribution in [0.3, 0.4) is 0 Å². The average molecular weight is 388 g/mol. The molecule has 4 rings (SSSR count). The molecule has 1 unspecified atom stereocenters. The van der Waals surface area contributed by atoms with E-state index in [4.69, 9.17) is 0 Å². The molecule has 0 bridgehead atoms. The Hall–Kier alpha value is -3.48. The number of anilines is 2. The maximum Gasteiger partial charge on any atom is 0.255 e.